The van der Waals surface area contributed by atoms with Crippen molar-refractivity contribution in [3.8, 4) is 0 Å². The normalized spacial score (nSPS) is 17.8. The predicted molar refractivity (Wildman–Crippen MR) is 78.2 cm³/mol. The van der Waals surface area contributed by atoms with Crippen molar-refractivity contribution in [3.63, 3.8) is 0 Å². The topological polar surface area (TPSA) is 61.4 Å². The van der Waals surface area contributed by atoms with E-state index in [9.17, 15) is 9.59 Å². The van der Waals surface area contributed by atoms with Gasteiger partial charge >= 0.3 is 0 Å². The Balaban J connectivity index is 2.07. The van der Waals surface area contributed by atoms with Gasteiger partial charge in [-0.2, -0.15) is 0 Å². The largest absolute Gasteiger partial charge is 0.342 e. The van der Waals surface area contributed by atoms with Crippen molar-refractivity contribution in [1.29, 1.82) is 0 Å². The number of carbonyl (C=O) groups is 2. The van der Waals surface area contributed by atoms with Gasteiger partial charge in [-0.15, -0.1) is 0 Å². The van der Waals surface area contributed by atoms with Crippen molar-refractivity contribution in [1.82, 2.24) is 10.2 Å². The van der Waals surface area contributed by atoms with Crippen LogP contribution in [0.2, 0.25) is 0 Å². The molecular weight excluding hydrogens is 254 g/mol. The van der Waals surface area contributed by atoms with Gasteiger partial charge in [-0.25, -0.2) is 0 Å². The highest BCUT2D eigenvalue weighted by Crippen LogP contribution is 2.18. The molecule has 1 aromatic carbocycles. The highest BCUT2D eigenvalue weighted by molar-refractivity contribution is 5.95. The molecule has 1 fully saturated rings. The molecular formula is C15H21N3O2. The van der Waals surface area contributed by atoms with Crippen molar-refractivity contribution in [2.24, 2.45) is 0 Å². The molecule has 1 aromatic rings. The summed E-state index contributed by atoms with van der Waals surface area (Å²) < 4.78 is 0. The Morgan fingerprint density at radius 3 is 2.80 bits per heavy atom. The summed E-state index contributed by atoms with van der Waals surface area (Å²) in [4.78, 5) is 25.1. The van der Waals surface area contributed by atoms with Crippen molar-refractivity contribution in [2.45, 2.75) is 32.4 Å². The Labute approximate surface area is 119 Å². The van der Waals surface area contributed by atoms with Gasteiger partial charge in [0.1, 0.15) is 0 Å². The van der Waals surface area contributed by atoms with Crippen LogP contribution in [0.5, 0.6) is 0 Å². The molecule has 1 heterocycles. The second kappa shape index (κ2) is 6.52. The second-order valence-electron chi connectivity index (χ2n) is 5.17. The number of amides is 2. The first-order valence-electron chi connectivity index (χ1n) is 6.92. The van der Waals surface area contributed by atoms with Gasteiger partial charge in [0.15, 0.2) is 0 Å². The zero-order valence-electron chi connectivity index (χ0n) is 12.0. The highest BCUT2D eigenvalue weighted by Gasteiger charge is 2.22. The predicted octanol–water partition coefficient (Wildman–Crippen LogP) is 1.36. The lowest BCUT2D eigenvalue weighted by Crippen LogP contribution is -2.36. The maximum Gasteiger partial charge on any atom is 0.241 e. The van der Waals surface area contributed by atoms with Crippen LogP contribution in [0.3, 0.4) is 0 Å². The summed E-state index contributed by atoms with van der Waals surface area (Å²) in [6.45, 7) is 2.92. The summed E-state index contributed by atoms with van der Waals surface area (Å²) in [6, 6.07) is 7.49. The van der Waals surface area contributed by atoms with E-state index in [0.29, 0.717) is 6.54 Å². The summed E-state index contributed by atoms with van der Waals surface area (Å²) in [5, 5.41) is 6.14. The number of nitrogens with one attached hydrogen (secondary N) is 2. The molecule has 1 atom stereocenters. The summed E-state index contributed by atoms with van der Waals surface area (Å²) in [5.41, 5.74) is 1.72. The molecule has 0 aliphatic carbocycles. The summed E-state index contributed by atoms with van der Waals surface area (Å²) in [7, 11) is 1.75. The third-order valence-electron chi connectivity index (χ3n) is 3.60. The van der Waals surface area contributed by atoms with Crippen molar-refractivity contribution >= 4 is 17.5 Å². The molecule has 0 bridgehead atoms. The second-order valence-corrected chi connectivity index (χ2v) is 5.17. The Kier molecular flexibility index (Phi) is 4.74. The summed E-state index contributed by atoms with van der Waals surface area (Å²) in [6.07, 6.45) is 1.91. The van der Waals surface area contributed by atoms with Crippen LogP contribution >= 0.6 is 0 Å². The molecule has 0 aromatic heterocycles. The van der Waals surface area contributed by atoms with E-state index in [4.69, 9.17) is 0 Å². The number of hydrogen-bond donors (Lipinski definition) is 2. The number of nitrogens with zero attached hydrogens (tertiary/aromatic N) is 1. The Bertz CT molecular complexity index is 496. The fourth-order valence-electron chi connectivity index (χ4n) is 2.28. The molecule has 2 N–H and O–H groups in total. The van der Waals surface area contributed by atoms with Gasteiger partial charge < -0.3 is 15.5 Å². The van der Waals surface area contributed by atoms with Crippen LogP contribution in [0.25, 0.3) is 0 Å². The van der Waals surface area contributed by atoms with E-state index < -0.39 is 0 Å². The first kappa shape index (κ1) is 14.5. The average Bonchev–Trinajstić information content (AvgIpc) is 2.94. The molecule has 5 nitrogen and oxygen atoms in total. The van der Waals surface area contributed by atoms with E-state index in [1.807, 2.05) is 24.3 Å². The number of anilines is 1. The van der Waals surface area contributed by atoms with Crippen molar-refractivity contribution in [3.05, 3.63) is 29.8 Å². The summed E-state index contributed by atoms with van der Waals surface area (Å²) >= 11 is 0. The lowest BCUT2D eigenvalue weighted by atomic mass is 10.1. The molecule has 1 aliphatic rings. The number of benzene rings is 1. The molecule has 20 heavy (non-hydrogen) atoms. The molecule has 108 valence electrons. The van der Waals surface area contributed by atoms with Gasteiger partial charge in [0.25, 0.3) is 0 Å². The van der Waals surface area contributed by atoms with Gasteiger partial charge in [0.05, 0.1) is 6.04 Å². The fraction of sp³-hybridized carbons (Fsp3) is 0.467. The summed E-state index contributed by atoms with van der Waals surface area (Å²) in [5.74, 6) is 0.00372. The number of carbonyl (C=O) groups excluding carboxylic acids is 2. The monoisotopic (exact) mass is 275 g/mol. The van der Waals surface area contributed by atoms with Gasteiger partial charge in [-0.1, -0.05) is 18.2 Å². The van der Waals surface area contributed by atoms with Gasteiger partial charge in [0, 0.05) is 26.2 Å². The van der Waals surface area contributed by atoms with Gasteiger partial charge in [0.2, 0.25) is 11.8 Å². The highest BCUT2D eigenvalue weighted by atomic mass is 16.2. The zero-order valence-corrected chi connectivity index (χ0v) is 12.0. The van der Waals surface area contributed by atoms with E-state index in [-0.39, 0.29) is 17.9 Å². The molecule has 0 unspecified atom stereocenters. The smallest absolute Gasteiger partial charge is 0.241 e. The molecule has 1 aliphatic heterocycles. The average molecular weight is 275 g/mol. The van der Waals surface area contributed by atoms with Crippen molar-refractivity contribution in [2.75, 3.05) is 18.9 Å². The minimum atomic E-state index is -0.103. The molecule has 0 spiro atoms. The lowest BCUT2D eigenvalue weighted by molar-refractivity contribution is -0.128. The Hall–Kier alpha value is -1.88. The Morgan fingerprint density at radius 1 is 1.40 bits per heavy atom. The van der Waals surface area contributed by atoms with Gasteiger partial charge in [-0.05, 0) is 31.0 Å². The maximum absolute atomic E-state index is 12.1. The van der Waals surface area contributed by atoms with Gasteiger partial charge in [-0.3, -0.25) is 9.59 Å². The van der Waals surface area contributed by atoms with E-state index >= 15 is 0 Å². The minimum absolute atomic E-state index is 0.000396. The minimum Gasteiger partial charge on any atom is -0.342 e. The maximum atomic E-state index is 12.1. The van der Waals surface area contributed by atoms with E-state index in [2.05, 4.69) is 10.6 Å². The first-order valence-corrected chi connectivity index (χ1v) is 6.92. The standard InChI is InChI=1S/C15H21N3O2/c1-11(19)18(2)10-12-6-3-4-7-13(12)17-15(20)14-8-5-9-16-14/h3-4,6-7,14,16H,5,8-10H2,1-2H3,(H,17,20)/t14-/m1/s1. The molecule has 0 saturated carbocycles. The zero-order chi connectivity index (χ0) is 14.5. The number of rotatable bonds is 4. The van der Waals surface area contributed by atoms with Crippen LogP contribution in [0.15, 0.2) is 24.3 Å². The molecule has 1 saturated heterocycles. The van der Waals surface area contributed by atoms with E-state index in [1.165, 1.54) is 6.92 Å². The molecule has 2 rings (SSSR count). The molecule has 0 radical (unpaired) electrons. The lowest BCUT2D eigenvalue weighted by Gasteiger charge is -2.19. The SMILES string of the molecule is CC(=O)N(C)Cc1ccccc1NC(=O)[C@H]1CCCN1. The van der Waals surface area contributed by atoms with Crippen LogP contribution in [0, 0.1) is 0 Å². The van der Waals surface area contributed by atoms with Crippen LogP contribution in [0.4, 0.5) is 5.69 Å². The van der Waals surface area contributed by atoms with Crippen LogP contribution in [-0.4, -0.2) is 36.3 Å². The molecule has 5 heteroatoms. The number of para-hydroxylation sites is 1. The Morgan fingerprint density at radius 2 is 2.15 bits per heavy atom. The quantitative estimate of drug-likeness (QED) is 0.872. The third kappa shape index (κ3) is 3.57. The van der Waals surface area contributed by atoms with Crippen LogP contribution < -0.4 is 10.6 Å². The fourth-order valence-corrected chi connectivity index (χ4v) is 2.28. The first-order chi connectivity index (χ1) is 9.58. The van der Waals surface area contributed by atoms with E-state index in [0.717, 1.165) is 30.6 Å². The third-order valence-corrected chi connectivity index (χ3v) is 3.60. The van der Waals surface area contributed by atoms with Crippen molar-refractivity contribution < 1.29 is 9.59 Å². The van der Waals surface area contributed by atoms with E-state index in [1.54, 1.807) is 11.9 Å². The van der Waals surface area contributed by atoms with Crippen LogP contribution in [-0.2, 0) is 16.1 Å². The number of hydrogen-bond acceptors (Lipinski definition) is 3. The van der Waals surface area contributed by atoms with Crippen LogP contribution in [0.1, 0.15) is 25.3 Å². The molecule has 2 amide bonds.